The summed E-state index contributed by atoms with van der Waals surface area (Å²) >= 11 is 7.91. The van der Waals surface area contributed by atoms with Gasteiger partial charge in [0.15, 0.2) is 0 Å². The van der Waals surface area contributed by atoms with Gasteiger partial charge in [-0.3, -0.25) is 0 Å². The lowest BCUT2D eigenvalue weighted by atomic mass is 10.0. The first-order chi connectivity index (χ1) is 10.2. The summed E-state index contributed by atoms with van der Waals surface area (Å²) in [6.45, 7) is 3.01. The third-order valence-electron chi connectivity index (χ3n) is 3.87. The molecular weight excluding hydrogens is 300 g/mol. The Hall–Kier alpha value is -1.29. The van der Waals surface area contributed by atoms with Crippen LogP contribution in [0.3, 0.4) is 0 Å². The smallest absolute Gasteiger partial charge is 0.0501 e. The number of thiophene rings is 1. The van der Waals surface area contributed by atoms with Crippen molar-refractivity contribution in [3.8, 4) is 0 Å². The van der Waals surface area contributed by atoms with Crippen molar-refractivity contribution in [2.45, 2.75) is 32.4 Å². The molecule has 0 fully saturated rings. The number of benzene rings is 1. The van der Waals surface area contributed by atoms with Crippen LogP contribution in [-0.2, 0) is 13.0 Å². The quantitative estimate of drug-likeness (QED) is 0.727. The Morgan fingerprint density at radius 3 is 2.90 bits per heavy atom. The first-order valence-corrected chi connectivity index (χ1v) is 8.53. The molecule has 0 aliphatic heterocycles. The molecule has 0 amide bonds. The van der Waals surface area contributed by atoms with Crippen molar-refractivity contribution < 1.29 is 0 Å². The summed E-state index contributed by atoms with van der Waals surface area (Å²) in [6.07, 6.45) is 4.13. The predicted octanol–water partition coefficient (Wildman–Crippen LogP) is 4.68. The fraction of sp³-hybridized carbons (Fsp3) is 0.294. The van der Waals surface area contributed by atoms with Gasteiger partial charge < -0.3 is 10.3 Å². The van der Waals surface area contributed by atoms with Crippen molar-refractivity contribution in [3.63, 3.8) is 0 Å². The lowest BCUT2D eigenvalue weighted by Crippen LogP contribution is -2.21. The molecule has 0 radical (unpaired) electrons. The van der Waals surface area contributed by atoms with Gasteiger partial charge >= 0.3 is 0 Å². The van der Waals surface area contributed by atoms with E-state index in [4.69, 9.17) is 17.3 Å². The highest BCUT2D eigenvalue weighted by Gasteiger charge is 2.12. The molecule has 0 aliphatic rings. The van der Waals surface area contributed by atoms with E-state index in [0.29, 0.717) is 0 Å². The van der Waals surface area contributed by atoms with Crippen LogP contribution in [0, 0.1) is 0 Å². The molecule has 4 heteroatoms. The van der Waals surface area contributed by atoms with Crippen LogP contribution in [-0.4, -0.2) is 10.6 Å². The number of halogens is 1. The molecular formula is C17H19ClN2S. The van der Waals surface area contributed by atoms with Crippen molar-refractivity contribution >= 4 is 33.8 Å². The van der Waals surface area contributed by atoms with E-state index < -0.39 is 0 Å². The maximum absolute atomic E-state index is 6.18. The van der Waals surface area contributed by atoms with E-state index in [2.05, 4.69) is 40.6 Å². The standard InChI is InChI=1S/C17H19ClN2S/c1-2-15(19)7-13-10-20(9-12-5-6-21-11-12)17-8-14(18)3-4-16(13)17/h3-6,8,10-11,15H,2,7,9,19H2,1H3. The van der Waals surface area contributed by atoms with Gasteiger partial charge in [-0.2, -0.15) is 11.3 Å². The minimum absolute atomic E-state index is 0.209. The normalized spacial score (nSPS) is 12.9. The SMILES string of the molecule is CCC(N)Cc1cn(Cc2ccsc2)c2cc(Cl)ccc12. The van der Waals surface area contributed by atoms with Gasteiger partial charge in [0.1, 0.15) is 0 Å². The van der Waals surface area contributed by atoms with Gasteiger partial charge in [-0.15, -0.1) is 0 Å². The number of nitrogens with two attached hydrogens (primary N) is 1. The van der Waals surface area contributed by atoms with E-state index in [0.717, 1.165) is 24.4 Å². The summed E-state index contributed by atoms with van der Waals surface area (Å²) in [5, 5.41) is 6.34. The highest BCUT2D eigenvalue weighted by molar-refractivity contribution is 7.07. The van der Waals surface area contributed by atoms with Gasteiger partial charge in [0.05, 0.1) is 5.52 Å². The van der Waals surface area contributed by atoms with Gasteiger partial charge in [0, 0.05) is 29.2 Å². The molecule has 0 spiro atoms. The molecule has 1 unspecified atom stereocenters. The molecule has 2 N–H and O–H groups in total. The van der Waals surface area contributed by atoms with Crippen molar-refractivity contribution in [1.29, 1.82) is 0 Å². The topological polar surface area (TPSA) is 30.9 Å². The van der Waals surface area contributed by atoms with Crippen molar-refractivity contribution in [1.82, 2.24) is 4.57 Å². The monoisotopic (exact) mass is 318 g/mol. The van der Waals surface area contributed by atoms with Gasteiger partial charge in [-0.25, -0.2) is 0 Å². The molecule has 0 saturated heterocycles. The summed E-state index contributed by atoms with van der Waals surface area (Å²) in [4.78, 5) is 0. The van der Waals surface area contributed by atoms with E-state index in [9.17, 15) is 0 Å². The summed E-state index contributed by atoms with van der Waals surface area (Å²) < 4.78 is 2.28. The van der Waals surface area contributed by atoms with Crippen LogP contribution in [0.1, 0.15) is 24.5 Å². The third kappa shape index (κ3) is 3.15. The maximum Gasteiger partial charge on any atom is 0.0501 e. The number of nitrogens with zero attached hydrogens (tertiary/aromatic N) is 1. The van der Waals surface area contributed by atoms with Crippen LogP contribution in [0.4, 0.5) is 0 Å². The van der Waals surface area contributed by atoms with Crippen LogP contribution in [0.2, 0.25) is 5.02 Å². The number of hydrogen-bond donors (Lipinski definition) is 1. The Morgan fingerprint density at radius 1 is 1.33 bits per heavy atom. The zero-order valence-electron chi connectivity index (χ0n) is 12.1. The number of aromatic nitrogens is 1. The molecule has 3 rings (SSSR count). The molecule has 2 heterocycles. The zero-order valence-corrected chi connectivity index (χ0v) is 13.6. The molecule has 0 saturated carbocycles. The lowest BCUT2D eigenvalue weighted by molar-refractivity contribution is 0.646. The Labute approximate surface area is 134 Å². The highest BCUT2D eigenvalue weighted by atomic mass is 35.5. The fourth-order valence-electron chi connectivity index (χ4n) is 2.64. The van der Waals surface area contributed by atoms with Crippen LogP contribution >= 0.6 is 22.9 Å². The van der Waals surface area contributed by atoms with E-state index in [1.54, 1.807) is 11.3 Å². The Balaban J connectivity index is 2.04. The first-order valence-electron chi connectivity index (χ1n) is 7.21. The molecule has 110 valence electrons. The van der Waals surface area contributed by atoms with E-state index >= 15 is 0 Å². The van der Waals surface area contributed by atoms with Gasteiger partial charge in [0.2, 0.25) is 0 Å². The van der Waals surface area contributed by atoms with E-state index in [-0.39, 0.29) is 6.04 Å². The van der Waals surface area contributed by atoms with Gasteiger partial charge in [0.25, 0.3) is 0 Å². The lowest BCUT2D eigenvalue weighted by Gasteiger charge is -2.06. The summed E-state index contributed by atoms with van der Waals surface area (Å²) in [6, 6.07) is 8.49. The highest BCUT2D eigenvalue weighted by Crippen LogP contribution is 2.27. The Bertz CT molecular complexity index is 731. The Morgan fingerprint density at radius 2 is 2.19 bits per heavy atom. The van der Waals surface area contributed by atoms with E-state index in [1.165, 1.54) is 22.0 Å². The fourth-order valence-corrected chi connectivity index (χ4v) is 3.47. The summed E-state index contributed by atoms with van der Waals surface area (Å²) in [5.41, 5.74) is 9.96. The second kappa shape index (κ2) is 6.22. The van der Waals surface area contributed by atoms with Crippen LogP contribution < -0.4 is 5.73 Å². The minimum atomic E-state index is 0.209. The molecule has 2 nitrogen and oxygen atoms in total. The molecule has 1 atom stereocenters. The van der Waals surface area contributed by atoms with Crippen molar-refractivity contribution in [2.75, 3.05) is 0 Å². The first kappa shape index (κ1) is 14.6. The molecule has 0 bridgehead atoms. The molecule has 21 heavy (non-hydrogen) atoms. The molecule has 1 aromatic carbocycles. The molecule has 3 aromatic rings. The van der Waals surface area contributed by atoms with E-state index in [1.807, 2.05) is 12.1 Å². The van der Waals surface area contributed by atoms with Crippen LogP contribution in [0.5, 0.6) is 0 Å². The minimum Gasteiger partial charge on any atom is -0.343 e. The third-order valence-corrected chi connectivity index (χ3v) is 4.83. The number of rotatable bonds is 5. The second-order valence-electron chi connectivity index (χ2n) is 5.45. The number of fused-ring (bicyclic) bond motifs is 1. The van der Waals surface area contributed by atoms with Crippen molar-refractivity contribution in [2.24, 2.45) is 5.73 Å². The van der Waals surface area contributed by atoms with Crippen LogP contribution in [0.15, 0.2) is 41.2 Å². The summed E-state index contributed by atoms with van der Waals surface area (Å²) in [5.74, 6) is 0. The second-order valence-corrected chi connectivity index (χ2v) is 6.66. The zero-order chi connectivity index (χ0) is 14.8. The Kier molecular flexibility index (Phi) is 4.34. The van der Waals surface area contributed by atoms with Gasteiger partial charge in [-0.1, -0.05) is 24.6 Å². The summed E-state index contributed by atoms with van der Waals surface area (Å²) in [7, 11) is 0. The average molecular weight is 319 g/mol. The predicted molar refractivity (Wildman–Crippen MR) is 92.3 cm³/mol. The van der Waals surface area contributed by atoms with Gasteiger partial charge in [-0.05, 0) is 52.9 Å². The molecule has 0 aliphatic carbocycles. The number of hydrogen-bond acceptors (Lipinski definition) is 2. The van der Waals surface area contributed by atoms with Crippen LogP contribution in [0.25, 0.3) is 10.9 Å². The van der Waals surface area contributed by atoms with Crippen molar-refractivity contribution in [3.05, 3.63) is 57.4 Å². The maximum atomic E-state index is 6.18. The average Bonchev–Trinajstić information content (AvgIpc) is 3.08. The largest absolute Gasteiger partial charge is 0.343 e. The molecule has 2 aromatic heterocycles.